The van der Waals surface area contributed by atoms with Crippen molar-refractivity contribution in [2.24, 2.45) is 0 Å². The van der Waals surface area contributed by atoms with Crippen molar-refractivity contribution in [3.8, 4) is 5.75 Å². The van der Waals surface area contributed by atoms with Crippen LogP contribution in [0, 0.1) is 6.92 Å². The number of nitrogens with zero attached hydrogens (tertiary/aromatic N) is 2. The molecule has 186 valence electrons. The van der Waals surface area contributed by atoms with E-state index in [9.17, 15) is 9.59 Å². The number of carbonyl (C=O) groups excluding carboxylic acids is 2. The van der Waals surface area contributed by atoms with Crippen molar-refractivity contribution in [2.75, 3.05) is 25.2 Å². The number of nitrogens with one attached hydrogen (secondary N) is 2. The van der Waals surface area contributed by atoms with E-state index in [1.54, 1.807) is 13.3 Å². The van der Waals surface area contributed by atoms with Gasteiger partial charge in [-0.2, -0.15) is 0 Å². The maximum Gasteiger partial charge on any atom is 0.252 e. The number of anilines is 1. The highest BCUT2D eigenvalue weighted by molar-refractivity contribution is 5.96. The maximum absolute atomic E-state index is 13.0. The van der Waals surface area contributed by atoms with Gasteiger partial charge in [0.25, 0.3) is 11.8 Å². The lowest BCUT2D eigenvalue weighted by Gasteiger charge is -2.40. The Morgan fingerprint density at radius 1 is 1.11 bits per heavy atom. The third-order valence-electron chi connectivity index (χ3n) is 7.61. The van der Waals surface area contributed by atoms with Crippen LogP contribution in [0.1, 0.15) is 64.8 Å². The highest BCUT2D eigenvalue weighted by Crippen LogP contribution is 2.38. The van der Waals surface area contributed by atoms with Crippen LogP contribution in [0.2, 0.25) is 0 Å². The first kappa shape index (κ1) is 23.6. The SMILES string of the molecule is COc1cccc(C(=O)NC2C[C@H]3CC[C@@H](C2)N3c2ccc(C(=O)NCC3CCCO3)cn2)c1C. The van der Waals surface area contributed by atoms with E-state index in [0.717, 1.165) is 62.3 Å². The molecule has 4 heterocycles. The van der Waals surface area contributed by atoms with Gasteiger partial charge in [0.05, 0.1) is 18.8 Å². The lowest BCUT2D eigenvalue weighted by Crippen LogP contribution is -2.50. The van der Waals surface area contributed by atoms with E-state index in [1.165, 1.54) is 0 Å². The van der Waals surface area contributed by atoms with E-state index in [2.05, 4.69) is 20.5 Å². The summed E-state index contributed by atoms with van der Waals surface area (Å²) in [7, 11) is 1.62. The van der Waals surface area contributed by atoms with Crippen LogP contribution < -0.4 is 20.3 Å². The van der Waals surface area contributed by atoms with Crippen molar-refractivity contribution in [1.82, 2.24) is 15.6 Å². The molecule has 5 rings (SSSR count). The van der Waals surface area contributed by atoms with E-state index in [4.69, 9.17) is 9.47 Å². The number of rotatable bonds is 7. The predicted octanol–water partition coefficient (Wildman–Crippen LogP) is 3.24. The zero-order chi connectivity index (χ0) is 24.4. The van der Waals surface area contributed by atoms with Crippen molar-refractivity contribution in [1.29, 1.82) is 0 Å². The molecule has 3 saturated heterocycles. The summed E-state index contributed by atoms with van der Waals surface area (Å²) in [5.74, 6) is 1.47. The molecule has 0 spiro atoms. The number of hydrogen-bond donors (Lipinski definition) is 2. The number of fused-ring (bicyclic) bond motifs is 2. The highest BCUT2D eigenvalue weighted by atomic mass is 16.5. The van der Waals surface area contributed by atoms with Crippen LogP contribution in [0.5, 0.6) is 5.75 Å². The summed E-state index contributed by atoms with van der Waals surface area (Å²) < 4.78 is 10.9. The van der Waals surface area contributed by atoms with E-state index >= 15 is 0 Å². The Kier molecular flexibility index (Phi) is 6.90. The molecule has 1 aromatic carbocycles. The second kappa shape index (κ2) is 10.2. The van der Waals surface area contributed by atoms with Crippen molar-refractivity contribution >= 4 is 17.6 Å². The zero-order valence-corrected chi connectivity index (χ0v) is 20.5. The molecule has 4 atom stereocenters. The van der Waals surface area contributed by atoms with Gasteiger partial charge in [0.1, 0.15) is 11.6 Å². The van der Waals surface area contributed by atoms with E-state index in [1.807, 2.05) is 37.3 Å². The number of amides is 2. The van der Waals surface area contributed by atoms with Crippen molar-refractivity contribution < 1.29 is 19.1 Å². The van der Waals surface area contributed by atoms with Gasteiger partial charge >= 0.3 is 0 Å². The number of methoxy groups -OCH3 is 1. The predicted molar refractivity (Wildman–Crippen MR) is 133 cm³/mol. The molecule has 0 saturated carbocycles. The summed E-state index contributed by atoms with van der Waals surface area (Å²) in [4.78, 5) is 32.5. The average molecular weight is 479 g/mol. The van der Waals surface area contributed by atoms with Gasteiger partial charge in [0.15, 0.2) is 0 Å². The first-order valence-electron chi connectivity index (χ1n) is 12.6. The first-order chi connectivity index (χ1) is 17.0. The molecule has 3 aliphatic heterocycles. The van der Waals surface area contributed by atoms with Crippen LogP contribution in [-0.4, -0.2) is 61.3 Å². The zero-order valence-electron chi connectivity index (χ0n) is 20.5. The smallest absolute Gasteiger partial charge is 0.252 e. The Morgan fingerprint density at radius 3 is 2.57 bits per heavy atom. The molecule has 3 aliphatic rings. The van der Waals surface area contributed by atoms with Gasteiger partial charge in [-0.25, -0.2) is 4.98 Å². The monoisotopic (exact) mass is 478 g/mol. The number of benzene rings is 1. The number of hydrogen-bond acceptors (Lipinski definition) is 6. The second-order valence-electron chi connectivity index (χ2n) is 9.82. The van der Waals surface area contributed by atoms with E-state index < -0.39 is 0 Å². The summed E-state index contributed by atoms with van der Waals surface area (Å²) in [5.41, 5.74) is 2.08. The molecular formula is C27H34N4O4. The Hall–Kier alpha value is -3.13. The Balaban J connectivity index is 1.19. The molecule has 35 heavy (non-hydrogen) atoms. The van der Waals surface area contributed by atoms with Crippen LogP contribution in [0.4, 0.5) is 5.82 Å². The topological polar surface area (TPSA) is 92.8 Å². The molecular weight excluding hydrogens is 444 g/mol. The molecule has 1 aromatic heterocycles. The minimum atomic E-state index is -0.114. The standard InChI is InChI=1S/C27H34N4O4/c1-17-23(6-3-7-24(17)34-2)27(33)30-19-13-20-9-10-21(14-19)31(20)25-11-8-18(15-28-25)26(32)29-16-22-5-4-12-35-22/h3,6-8,11,15,19-22H,4-5,9-10,12-14,16H2,1-2H3,(H,29,32)(H,30,33)/t19?,20-,21+,22?. The van der Waals surface area contributed by atoms with Crippen molar-refractivity contribution in [2.45, 2.75) is 69.7 Å². The lowest BCUT2D eigenvalue weighted by atomic mass is 9.96. The van der Waals surface area contributed by atoms with Crippen molar-refractivity contribution in [3.63, 3.8) is 0 Å². The van der Waals surface area contributed by atoms with Gasteiger partial charge in [-0.1, -0.05) is 6.07 Å². The summed E-state index contributed by atoms with van der Waals surface area (Å²) in [5, 5.41) is 6.21. The molecule has 2 N–H and O–H groups in total. The average Bonchev–Trinajstić information content (AvgIpc) is 3.48. The maximum atomic E-state index is 13.0. The fourth-order valence-electron chi connectivity index (χ4n) is 5.80. The Morgan fingerprint density at radius 2 is 1.91 bits per heavy atom. The quantitative estimate of drug-likeness (QED) is 0.635. The van der Waals surface area contributed by atoms with Gasteiger partial charge < -0.3 is 25.0 Å². The molecule has 2 aromatic rings. The minimum Gasteiger partial charge on any atom is -0.496 e. The lowest BCUT2D eigenvalue weighted by molar-refractivity contribution is 0.0857. The number of carbonyl (C=O) groups is 2. The molecule has 2 amide bonds. The first-order valence-corrected chi connectivity index (χ1v) is 12.6. The Bertz CT molecular complexity index is 1050. The molecule has 0 aliphatic carbocycles. The van der Waals surface area contributed by atoms with E-state index in [-0.39, 0.29) is 24.0 Å². The number of ether oxygens (including phenoxy) is 2. The van der Waals surface area contributed by atoms with E-state index in [0.29, 0.717) is 29.8 Å². The van der Waals surface area contributed by atoms with Crippen LogP contribution >= 0.6 is 0 Å². The van der Waals surface area contributed by atoms with Crippen LogP contribution in [0.15, 0.2) is 36.5 Å². The van der Waals surface area contributed by atoms with Gasteiger partial charge in [-0.3, -0.25) is 9.59 Å². The molecule has 0 radical (unpaired) electrons. The summed E-state index contributed by atoms with van der Waals surface area (Å²) in [6.07, 6.45) is 7.78. The fraction of sp³-hybridized carbons (Fsp3) is 0.519. The summed E-state index contributed by atoms with van der Waals surface area (Å²) in [6, 6.07) is 10.2. The molecule has 8 heteroatoms. The molecule has 3 fully saturated rings. The summed E-state index contributed by atoms with van der Waals surface area (Å²) in [6.45, 7) is 3.23. The fourth-order valence-corrected chi connectivity index (χ4v) is 5.80. The molecule has 8 nitrogen and oxygen atoms in total. The minimum absolute atomic E-state index is 0.0456. The molecule has 2 unspecified atom stereocenters. The van der Waals surface area contributed by atoms with Crippen LogP contribution in [0.3, 0.4) is 0 Å². The number of piperidine rings is 1. The Labute approximate surface area is 206 Å². The number of aromatic nitrogens is 1. The van der Waals surface area contributed by atoms with Gasteiger partial charge in [0.2, 0.25) is 0 Å². The number of pyridine rings is 1. The second-order valence-corrected chi connectivity index (χ2v) is 9.82. The van der Waals surface area contributed by atoms with Gasteiger partial charge in [-0.05, 0) is 69.7 Å². The largest absolute Gasteiger partial charge is 0.496 e. The third-order valence-corrected chi connectivity index (χ3v) is 7.61. The normalized spacial score (nSPS) is 25.4. The van der Waals surface area contributed by atoms with Gasteiger partial charge in [0, 0.05) is 48.6 Å². The van der Waals surface area contributed by atoms with Crippen LogP contribution in [0.25, 0.3) is 0 Å². The van der Waals surface area contributed by atoms with Gasteiger partial charge in [-0.15, -0.1) is 0 Å². The summed E-state index contributed by atoms with van der Waals surface area (Å²) >= 11 is 0. The van der Waals surface area contributed by atoms with Crippen LogP contribution in [-0.2, 0) is 4.74 Å². The van der Waals surface area contributed by atoms with Crippen molar-refractivity contribution in [3.05, 3.63) is 53.2 Å². The molecule has 2 bridgehead atoms. The highest BCUT2D eigenvalue weighted by Gasteiger charge is 2.42. The third kappa shape index (κ3) is 4.98.